The number of furan rings is 1. The largest absolute Gasteiger partial charge is 0.481 e. The van der Waals surface area contributed by atoms with Gasteiger partial charge in [0.25, 0.3) is 5.91 Å². The molecule has 5 heteroatoms. The number of amides is 1. The summed E-state index contributed by atoms with van der Waals surface area (Å²) in [6, 6.07) is 9.92. The Labute approximate surface area is 147 Å². The third-order valence-corrected chi connectivity index (χ3v) is 4.95. The number of carboxylic acid groups (broad SMARTS) is 1. The fourth-order valence-corrected chi connectivity index (χ4v) is 3.77. The van der Waals surface area contributed by atoms with E-state index in [4.69, 9.17) is 9.52 Å². The van der Waals surface area contributed by atoms with Crippen molar-refractivity contribution in [2.45, 2.75) is 45.1 Å². The summed E-state index contributed by atoms with van der Waals surface area (Å²) >= 11 is 0. The van der Waals surface area contributed by atoms with Gasteiger partial charge in [0, 0.05) is 12.1 Å². The zero-order chi connectivity index (χ0) is 18.0. The van der Waals surface area contributed by atoms with Crippen LogP contribution in [0.15, 0.2) is 41.0 Å². The van der Waals surface area contributed by atoms with Crippen LogP contribution in [0, 0.1) is 6.92 Å². The number of aryl methyl sites for hydroxylation is 1. The summed E-state index contributed by atoms with van der Waals surface area (Å²) in [4.78, 5) is 25.9. The van der Waals surface area contributed by atoms with Crippen molar-refractivity contribution in [1.29, 1.82) is 0 Å². The predicted octanol–water partition coefficient (Wildman–Crippen LogP) is 3.45. The van der Waals surface area contributed by atoms with Gasteiger partial charge in [-0.25, -0.2) is 0 Å². The molecule has 1 unspecified atom stereocenters. The molecular weight excluding hydrogens is 318 g/mol. The lowest BCUT2D eigenvalue weighted by Gasteiger charge is -2.35. The number of rotatable bonds is 5. The van der Waals surface area contributed by atoms with Gasteiger partial charge >= 0.3 is 5.97 Å². The molecule has 1 aromatic heterocycles. The Kier molecular flexibility index (Phi) is 4.66. The molecule has 0 bridgehead atoms. The van der Waals surface area contributed by atoms with Crippen LogP contribution in [0.3, 0.4) is 0 Å². The van der Waals surface area contributed by atoms with Crippen molar-refractivity contribution >= 4 is 11.9 Å². The smallest absolute Gasteiger partial charge is 0.311 e. The SMILES string of the molecule is Cc1cccc(CC2(C)CCCN2C(=O)c2ccoc2CC(=O)O)c1. The number of carboxylic acids is 1. The summed E-state index contributed by atoms with van der Waals surface area (Å²) in [6.45, 7) is 4.85. The Balaban J connectivity index is 1.84. The van der Waals surface area contributed by atoms with E-state index in [2.05, 4.69) is 32.0 Å². The molecule has 25 heavy (non-hydrogen) atoms. The fraction of sp³-hybridized carbons (Fsp3) is 0.400. The van der Waals surface area contributed by atoms with Crippen LogP contribution in [-0.4, -0.2) is 34.0 Å². The number of carbonyl (C=O) groups is 2. The standard InChI is InChI=1S/C20H23NO4/c1-14-5-3-6-15(11-14)13-20(2)8-4-9-21(20)19(24)16-7-10-25-17(16)12-18(22)23/h3,5-7,10-11H,4,8-9,12-13H2,1-2H3,(H,22,23). The number of hydrogen-bond donors (Lipinski definition) is 1. The monoisotopic (exact) mass is 341 g/mol. The summed E-state index contributed by atoms with van der Waals surface area (Å²) in [5.41, 5.74) is 2.50. The van der Waals surface area contributed by atoms with Gasteiger partial charge in [-0.15, -0.1) is 0 Å². The molecule has 1 saturated heterocycles. The first-order chi connectivity index (χ1) is 11.9. The number of hydrogen-bond acceptors (Lipinski definition) is 3. The zero-order valence-corrected chi connectivity index (χ0v) is 14.6. The van der Waals surface area contributed by atoms with Gasteiger partial charge in [0.15, 0.2) is 0 Å². The molecule has 5 nitrogen and oxygen atoms in total. The second-order valence-electron chi connectivity index (χ2n) is 7.05. The van der Waals surface area contributed by atoms with Gasteiger partial charge in [-0.3, -0.25) is 9.59 Å². The van der Waals surface area contributed by atoms with E-state index in [0.29, 0.717) is 12.1 Å². The molecule has 1 aromatic carbocycles. The van der Waals surface area contributed by atoms with Crippen LogP contribution in [0.1, 0.15) is 47.0 Å². The summed E-state index contributed by atoms with van der Waals surface area (Å²) in [5, 5.41) is 9.00. The second kappa shape index (κ2) is 6.75. The Hall–Kier alpha value is -2.56. The molecule has 2 heterocycles. The first kappa shape index (κ1) is 17.3. The van der Waals surface area contributed by atoms with Crippen molar-refractivity contribution in [1.82, 2.24) is 4.90 Å². The molecule has 0 radical (unpaired) electrons. The molecule has 0 spiro atoms. The summed E-state index contributed by atoms with van der Waals surface area (Å²) < 4.78 is 5.23. The van der Waals surface area contributed by atoms with Crippen molar-refractivity contribution in [2.75, 3.05) is 6.54 Å². The van der Waals surface area contributed by atoms with E-state index < -0.39 is 5.97 Å². The minimum absolute atomic E-state index is 0.141. The summed E-state index contributed by atoms with van der Waals surface area (Å²) in [5.74, 6) is -0.923. The minimum atomic E-state index is -1.01. The maximum atomic E-state index is 13.1. The lowest BCUT2D eigenvalue weighted by atomic mass is 9.89. The highest BCUT2D eigenvalue weighted by Gasteiger charge is 2.40. The Morgan fingerprint density at radius 1 is 1.32 bits per heavy atom. The molecule has 1 N–H and O–H groups in total. The summed E-state index contributed by atoms with van der Waals surface area (Å²) in [7, 11) is 0. The van der Waals surface area contributed by atoms with Gasteiger partial charge < -0.3 is 14.4 Å². The van der Waals surface area contributed by atoms with Crippen LogP contribution in [0.25, 0.3) is 0 Å². The molecule has 132 valence electrons. The van der Waals surface area contributed by atoms with E-state index in [1.54, 1.807) is 6.07 Å². The molecule has 1 atom stereocenters. The normalized spacial score (nSPS) is 20.0. The van der Waals surface area contributed by atoms with Crippen LogP contribution in [0.4, 0.5) is 0 Å². The molecule has 1 amide bonds. The number of benzene rings is 1. The lowest BCUT2D eigenvalue weighted by molar-refractivity contribution is -0.136. The van der Waals surface area contributed by atoms with Crippen LogP contribution in [-0.2, 0) is 17.6 Å². The first-order valence-corrected chi connectivity index (χ1v) is 8.55. The highest BCUT2D eigenvalue weighted by Crippen LogP contribution is 2.34. The molecule has 0 aliphatic carbocycles. The Bertz CT molecular complexity index is 794. The van der Waals surface area contributed by atoms with E-state index in [1.807, 2.05) is 11.0 Å². The van der Waals surface area contributed by atoms with Crippen LogP contribution in [0.5, 0.6) is 0 Å². The minimum Gasteiger partial charge on any atom is -0.481 e. The second-order valence-corrected chi connectivity index (χ2v) is 7.05. The van der Waals surface area contributed by atoms with Gasteiger partial charge in [-0.1, -0.05) is 29.8 Å². The van der Waals surface area contributed by atoms with Crippen molar-refractivity contribution in [3.8, 4) is 0 Å². The third-order valence-electron chi connectivity index (χ3n) is 4.95. The number of likely N-dealkylation sites (tertiary alicyclic amines) is 1. The molecule has 1 aliphatic rings. The first-order valence-electron chi connectivity index (χ1n) is 8.55. The quantitative estimate of drug-likeness (QED) is 0.904. The fourth-order valence-electron chi connectivity index (χ4n) is 3.77. The Morgan fingerprint density at radius 3 is 2.84 bits per heavy atom. The lowest BCUT2D eigenvalue weighted by Crippen LogP contribution is -2.46. The number of aliphatic carboxylic acids is 1. The van der Waals surface area contributed by atoms with Gasteiger partial charge in [-0.2, -0.15) is 0 Å². The van der Waals surface area contributed by atoms with Gasteiger partial charge in [0.2, 0.25) is 0 Å². The van der Waals surface area contributed by atoms with Gasteiger partial charge in [-0.05, 0) is 44.7 Å². The average Bonchev–Trinajstić information content (AvgIpc) is 3.13. The van der Waals surface area contributed by atoms with Gasteiger partial charge in [0.05, 0.1) is 11.8 Å². The van der Waals surface area contributed by atoms with Crippen LogP contribution < -0.4 is 0 Å². The predicted molar refractivity (Wildman–Crippen MR) is 93.6 cm³/mol. The van der Waals surface area contributed by atoms with Crippen molar-refractivity contribution in [3.05, 3.63) is 59.0 Å². The van der Waals surface area contributed by atoms with Crippen molar-refractivity contribution < 1.29 is 19.1 Å². The topological polar surface area (TPSA) is 70.8 Å². The van der Waals surface area contributed by atoms with E-state index in [1.165, 1.54) is 17.4 Å². The van der Waals surface area contributed by atoms with Crippen molar-refractivity contribution in [3.63, 3.8) is 0 Å². The molecule has 0 saturated carbocycles. The van der Waals surface area contributed by atoms with Crippen LogP contribution in [0.2, 0.25) is 0 Å². The van der Waals surface area contributed by atoms with Crippen LogP contribution >= 0.6 is 0 Å². The van der Waals surface area contributed by atoms with E-state index in [9.17, 15) is 9.59 Å². The summed E-state index contributed by atoms with van der Waals surface area (Å²) in [6.07, 6.45) is 3.77. The molecule has 3 rings (SSSR count). The van der Waals surface area contributed by atoms with Gasteiger partial charge in [0.1, 0.15) is 12.2 Å². The molecular formula is C20H23NO4. The van der Waals surface area contributed by atoms with E-state index in [0.717, 1.165) is 19.3 Å². The molecule has 1 aliphatic heterocycles. The third kappa shape index (κ3) is 3.60. The zero-order valence-electron chi connectivity index (χ0n) is 14.6. The van der Waals surface area contributed by atoms with E-state index in [-0.39, 0.29) is 23.6 Å². The highest BCUT2D eigenvalue weighted by atomic mass is 16.4. The Morgan fingerprint density at radius 2 is 2.12 bits per heavy atom. The molecule has 2 aromatic rings. The van der Waals surface area contributed by atoms with Crippen molar-refractivity contribution in [2.24, 2.45) is 0 Å². The number of carbonyl (C=O) groups excluding carboxylic acids is 1. The van der Waals surface area contributed by atoms with E-state index >= 15 is 0 Å². The molecule has 1 fully saturated rings. The highest BCUT2D eigenvalue weighted by molar-refractivity contribution is 5.96. The maximum Gasteiger partial charge on any atom is 0.311 e. The average molecular weight is 341 g/mol. The number of nitrogens with zero attached hydrogens (tertiary/aromatic N) is 1. The maximum absolute atomic E-state index is 13.1.